The van der Waals surface area contributed by atoms with Crippen molar-refractivity contribution in [2.75, 3.05) is 0 Å². The van der Waals surface area contributed by atoms with Gasteiger partial charge in [-0.05, 0) is 136 Å². The zero-order valence-electron chi connectivity index (χ0n) is 30.4. The van der Waals surface area contributed by atoms with Gasteiger partial charge in [-0.1, -0.05) is 146 Å². The minimum atomic E-state index is -0.544. The summed E-state index contributed by atoms with van der Waals surface area (Å²) >= 11 is 0. The SMILES string of the molecule is c1ccc(C2(c3ccccc3)c3ccccc3Oc3ccc(-c4cccc(-c5cccc6c5-c5ccccc5C65C6CC7CC(C6)CC5C7)c4)cc32)cc1. The van der Waals surface area contributed by atoms with Crippen molar-refractivity contribution in [1.82, 2.24) is 0 Å². The molecular weight excluding hydrogens is 653 g/mol. The van der Waals surface area contributed by atoms with Gasteiger partial charge in [-0.2, -0.15) is 0 Å². The molecule has 260 valence electrons. The quantitative estimate of drug-likeness (QED) is 0.178. The Morgan fingerprint density at radius 1 is 0.389 bits per heavy atom. The maximum Gasteiger partial charge on any atom is 0.132 e. The Morgan fingerprint density at radius 3 is 1.69 bits per heavy atom. The Bertz CT molecular complexity index is 2530. The molecule has 1 heteroatoms. The number of rotatable bonds is 4. The van der Waals surface area contributed by atoms with Crippen molar-refractivity contribution in [3.05, 3.63) is 203 Å². The van der Waals surface area contributed by atoms with Gasteiger partial charge in [0.1, 0.15) is 11.5 Å². The van der Waals surface area contributed by atoms with E-state index in [2.05, 4.69) is 170 Å². The molecule has 4 saturated carbocycles. The van der Waals surface area contributed by atoms with Crippen LogP contribution in [-0.2, 0) is 10.8 Å². The summed E-state index contributed by atoms with van der Waals surface area (Å²) in [7, 11) is 0. The van der Waals surface area contributed by atoms with Crippen molar-refractivity contribution in [2.45, 2.75) is 42.9 Å². The highest BCUT2D eigenvalue weighted by molar-refractivity contribution is 5.94. The normalized spacial score (nSPS) is 24.7. The Morgan fingerprint density at radius 2 is 0.944 bits per heavy atom. The first-order valence-corrected chi connectivity index (χ1v) is 20.1. The number of fused-ring (bicyclic) bond motifs is 5. The summed E-state index contributed by atoms with van der Waals surface area (Å²) in [5, 5.41) is 0. The smallest absolute Gasteiger partial charge is 0.132 e. The molecule has 1 spiro atoms. The molecule has 1 aliphatic heterocycles. The molecule has 54 heavy (non-hydrogen) atoms. The van der Waals surface area contributed by atoms with Crippen LogP contribution in [0.1, 0.15) is 65.5 Å². The van der Waals surface area contributed by atoms with E-state index in [0.29, 0.717) is 0 Å². The second kappa shape index (κ2) is 11.4. The van der Waals surface area contributed by atoms with Gasteiger partial charge in [0.15, 0.2) is 0 Å². The maximum atomic E-state index is 6.74. The summed E-state index contributed by atoms with van der Waals surface area (Å²) < 4.78 is 6.74. The number of para-hydroxylation sites is 1. The fraction of sp³-hybridized carbons (Fsp3) is 0.208. The van der Waals surface area contributed by atoms with Gasteiger partial charge in [0.25, 0.3) is 0 Å². The molecule has 7 aromatic carbocycles. The number of benzene rings is 7. The first-order valence-electron chi connectivity index (χ1n) is 20.1. The molecule has 0 atom stereocenters. The van der Waals surface area contributed by atoms with E-state index >= 15 is 0 Å². The Hall–Kier alpha value is -5.66. The Balaban J connectivity index is 1.03. The van der Waals surface area contributed by atoms with Gasteiger partial charge in [-0.3, -0.25) is 0 Å². The van der Waals surface area contributed by atoms with E-state index in [-0.39, 0.29) is 5.41 Å². The average Bonchev–Trinajstić information content (AvgIpc) is 3.53. The molecule has 1 nitrogen and oxygen atoms in total. The lowest BCUT2D eigenvalue weighted by Crippen LogP contribution is -2.55. The standard InChI is InChI=1S/C53H42O/c1-3-15-39(16-4-1)52(40-17-5-2-6-18-40)46-22-9-10-24-49(46)54-50-26-25-37(33-48(50)52)36-13-11-14-38(32-36)43-20-12-23-47-51(43)44-19-7-8-21-45(44)53(47)41-28-34-27-35(30-41)31-42(53)29-34/h1-26,32-35,41-42H,27-31H2. The molecule has 0 N–H and O–H groups in total. The van der Waals surface area contributed by atoms with E-state index in [4.69, 9.17) is 4.74 Å². The Labute approximate surface area is 318 Å². The molecular formula is C53H42O. The van der Waals surface area contributed by atoms with E-state index in [1.807, 2.05) is 0 Å². The number of hydrogen-bond acceptors (Lipinski definition) is 1. The number of ether oxygens (including phenoxy) is 1. The molecule has 7 aromatic rings. The van der Waals surface area contributed by atoms with E-state index < -0.39 is 5.41 Å². The average molecular weight is 695 g/mol. The highest BCUT2D eigenvalue weighted by Crippen LogP contribution is 2.70. The van der Waals surface area contributed by atoms with Crippen LogP contribution < -0.4 is 4.74 Å². The molecule has 0 radical (unpaired) electrons. The van der Waals surface area contributed by atoms with Gasteiger partial charge >= 0.3 is 0 Å². The van der Waals surface area contributed by atoms with Gasteiger partial charge in [0.05, 0.1) is 5.41 Å². The molecule has 5 aliphatic carbocycles. The molecule has 0 saturated heterocycles. The second-order valence-electron chi connectivity index (χ2n) is 16.8. The summed E-state index contributed by atoms with van der Waals surface area (Å²) in [6.45, 7) is 0. The van der Waals surface area contributed by atoms with Crippen LogP contribution >= 0.6 is 0 Å². The third kappa shape index (κ3) is 4.05. The summed E-state index contributed by atoms with van der Waals surface area (Å²) in [5.41, 5.74) is 15.7. The molecule has 0 amide bonds. The lowest BCUT2D eigenvalue weighted by molar-refractivity contribution is -0.0399. The molecule has 0 aromatic heterocycles. The summed E-state index contributed by atoms with van der Waals surface area (Å²) in [4.78, 5) is 0. The maximum absolute atomic E-state index is 6.74. The van der Waals surface area contributed by atoms with Crippen LogP contribution in [0.15, 0.2) is 170 Å². The zero-order chi connectivity index (χ0) is 35.4. The van der Waals surface area contributed by atoms with E-state index in [1.165, 1.54) is 82.2 Å². The predicted octanol–water partition coefficient (Wildman–Crippen LogP) is 13.2. The highest BCUT2D eigenvalue weighted by atomic mass is 16.5. The third-order valence-corrected chi connectivity index (χ3v) is 14.4. The van der Waals surface area contributed by atoms with Crippen molar-refractivity contribution in [3.8, 4) is 44.9 Å². The van der Waals surface area contributed by atoms with Gasteiger partial charge in [-0.15, -0.1) is 0 Å². The van der Waals surface area contributed by atoms with Crippen LogP contribution in [0.25, 0.3) is 33.4 Å². The molecule has 6 aliphatic rings. The number of hydrogen-bond donors (Lipinski definition) is 0. The minimum absolute atomic E-state index is 0.167. The Kier molecular flexibility index (Phi) is 6.51. The molecule has 4 bridgehead atoms. The lowest BCUT2D eigenvalue weighted by atomic mass is 9.43. The molecule has 4 fully saturated rings. The van der Waals surface area contributed by atoms with Crippen LogP contribution in [0.3, 0.4) is 0 Å². The zero-order valence-corrected chi connectivity index (χ0v) is 30.4. The van der Waals surface area contributed by atoms with Crippen LogP contribution in [0.5, 0.6) is 11.5 Å². The van der Waals surface area contributed by atoms with Gasteiger partial charge in [-0.25, -0.2) is 0 Å². The van der Waals surface area contributed by atoms with Gasteiger partial charge in [0, 0.05) is 16.5 Å². The third-order valence-electron chi connectivity index (χ3n) is 14.4. The van der Waals surface area contributed by atoms with E-state index in [0.717, 1.165) is 40.7 Å². The predicted molar refractivity (Wildman–Crippen MR) is 219 cm³/mol. The van der Waals surface area contributed by atoms with Crippen molar-refractivity contribution in [1.29, 1.82) is 0 Å². The largest absolute Gasteiger partial charge is 0.457 e. The summed E-state index contributed by atoms with van der Waals surface area (Å²) in [6.07, 6.45) is 7.09. The summed E-state index contributed by atoms with van der Waals surface area (Å²) in [5.74, 6) is 5.20. The van der Waals surface area contributed by atoms with Crippen LogP contribution in [0.4, 0.5) is 0 Å². The fourth-order valence-electron chi connectivity index (χ4n) is 12.7. The summed E-state index contributed by atoms with van der Waals surface area (Å²) in [6, 6.07) is 63.5. The first-order chi connectivity index (χ1) is 26.7. The van der Waals surface area contributed by atoms with Crippen molar-refractivity contribution in [2.24, 2.45) is 23.7 Å². The van der Waals surface area contributed by atoms with Crippen LogP contribution in [-0.4, -0.2) is 0 Å². The van der Waals surface area contributed by atoms with E-state index in [1.54, 1.807) is 11.1 Å². The molecule has 13 rings (SSSR count). The highest BCUT2D eigenvalue weighted by Gasteiger charge is 2.61. The van der Waals surface area contributed by atoms with Crippen molar-refractivity contribution >= 4 is 0 Å². The van der Waals surface area contributed by atoms with Crippen molar-refractivity contribution < 1.29 is 4.74 Å². The minimum Gasteiger partial charge on any atom is -0.457 e. The first kappa shape index (κ1) is 30.8. The van der Waals surface area contributed by atoms with Crippen molar-refractivity contribution in [3.63, 3.8) is 0 Å². The molecule has 1 heterocycles. The topological polar surface area (TPSA) is 9.23 Å². The van der Waals surface area contributed by atoms with Crippen LogP contribution in [0.2, 0.25) is 0 Å². The second-order valence-corrected chi connectivity index (χ2v) is 16.8. The lowest BCUT2D eigenvalue weighted by Gasteiger charge is -2.61. The molecule has 0 unspecified atom stereocenters. The van der Waals surface area contributed by atoms with Gasteiger partial charge < -0.3 is 4.74 Å². The monoisotopic (exact) mass is 694 g/mol. The fourth-order valence-corrected chi connectivity index (χ4v) is 12.7. The van der Waals surface area contributed by atoms with Crippen LogP contribution in [0, 0.1) is 23.7 Å². The van der Waals surface area contributed by atoms with Gasteiger partial charge in [0.2, 0.25) is 0 Å². The van der Waals surface area contributed by atoms with E-state index in [9.17, 15) is 0 Å².